The highest BCUT2D eigenvalue weighted by Crippen LogP contribution is 2.40. The molecule has 2 aromatic heterocycles. The minimum atomic E-state index is -0.765. The Morgan fingerprint density at radius 1 is 1.31 bits per heavy atom. The number of rotatable bonds is 5. The second kappa shape index (κ2) is 8.96. The molecule has 166 valence electrons. The van der Waals surface area contributed by atoms with Crippen LogP contribution in [0.2, 0.25) is 0 Å². The van der Waals surface area contributed by atoms with E-state index in [9.17, 15) is 19.5 Å². The maximum atomic E-state index is 12.6. The predicted octanol–water partition coefficient (Wildman–Crippen LogP) is 3.41. The van der Waals surface area contributed by atoms with Crippen molar-refractivity contribution in [3.05, 3.63) is 72.2 Å². The summed E-state index contributed by atoms with van der Waals surface area (Å²) in [4.78, 5) is 45.1. The number of fused-ring (bicyclic) bond motifs is 1. The molecule has 9 heteroatoms. The number of benzene rings is 1. The van der Waals surface area contributed by atoms with Gasteiger partial charge >= 0.3 is 11.7 Å². The first-order valence-electron chi connectivity index (χ1n) is 10.4. The molecular weight excluding hydrogens is 430 g/mol. The summed E-state index contributed by atoms with van der Waals surface area (Å²) < 4.78 is 6.24. The average Bonchev–Trinajstić information content (AvgIpc) is 3.12. The molecule has 2 heterocycles. The molecule has 1 aromatic carbocycles. The van der Waals surface area contributed by atoms with Crippen molar-refractivity contribution in [2.45, 2.75) is 39.5 Å². The molecule has 32 heavy (non-hydrogen) atoms. The smallest absolute Gasteiger partial charge is 0.341 e. The second-order valence-corrected chi connectivity index (χ2v) is 8.62. The number of nitrogens with zero attached hydrogens (tertiary/aromatic N) is 2. The molecule has 0 bridgehead atoms. The van der Waals surface area contributed by atoms with Crippen LogP contribution in [-0.4, -0.2) is 33.4 Å². The molecule has 0 aliphatic heterocycles. The summed E-state index contributed by atoms with van der Waals surface area (Å²) in [5, 5.41) is 11.2. The molecule has 3 aromatic rings. The van der Waals surface area contributed by atoms with Crippen molar-refractivity contribution in [1.82, 2.24) is 9.55 Å². The van der Waals surface area contributed by atoms with Crippen LogP contribution in [0.3, 0.4) is 0 Å². The number of aryl methyl sites for hydroxylation is 2. The molecule has 0 saturated carbocycles. The van der Waals surface area contributed by atoms with Gasteiger partial charge in [-0.15, -0.1) is 11.3 Å². The lowest BCUT2D eigenvalue weighted by atomic mass is 9.95. The SMILES string of the molecule is CCOC(=O)c1c(/N=C/c2c(O)n(-c3cccc(C)c3)c(=O)[nH]c2=O)sc2c1CCCC2. The first-order valence-corrected chi connectivity index (χ1v) is 11.2. The molecule has 4 rings (SSSR count). The summed E-state index contributed by atoms with van der Waals surface area (Å²) in [6.45, 7) is 3.84. The number of aromatic nitrogens is 2. The molecule has 0 atom stereocenters. The van der Waals surface area contributed by atoms with Crippen LogP contribution in [0.1, 0.15) is 51.7 Å². The van der Waals surface area contributed by atoms with Crippen molar-refractivity contribution in [3.63, 3.8) is 0 Å². The number of carbonyl (C=O) groups is 1. The molecule has 0 fully saturated rings. The van der Waals surface area contributed by atoms with E-state index in [-0.39, 0.29) is 12.2 Å². The van der Waals surface area contributed by atoms with E-state index in [1.165, 1.54) is 17.6 Å². The fourth-order valence-corrected chi connectivity index (χ4v) is 5.06. The van der Waals surface area contributed by atoms with Crippen LogP contribution in [-0.2, 0) is 17.6 Å². The van der Waals surface area contributed by atoms with Crippen LogP contribution in [0.15, 0.2) is 38.8 Å². The Kier molecular flexibility index (Phi) is 6.09. The minimum Gasteiger partial charge on any atom is -0.493 e. The van der Waals surface area contributed by atoms with Crippen LogP contribution < -0.4 is 11.2 Å². The maximum Gasteiger partial charge on any atom is 0.341 e. The largest absolute Gasteiger partial charge is 0.493 e. The van der Waals surface area contributed by atoms with Gasteiger partial charge in [-0.3, -0.25) is 9.78 Å². The van der Waals surface area contributed by atoms with E-state index in [1.807, 2.05) is 13.0 Å². The fraction of sp³-hybridized carbons (Fsp3) is 0.304. The first kappa shape index (κ1) is 21.8. The highest BCUT2D eigenvalue weighted by molar-refractivity contribution is 7.16. The number of thiophene rings is 1. The normalized spacial score (nSPS) is 13.3. The van der Waals surface area contributed by atoms with E-state index >= 15 is 0 Å². The lowest BCUT2D eigenvalue weighted by Gasteiger charge is -2.11. The molecule has 2 N–H and O–H groups in total. The molecule has 0 amide bonds. The summed E-state index contributed by atoms with van der Waals surface area (Å²) in [6.07, 6.45) is 4.87. The van der Waals surface area contributed by atoms with E-state index in [0.29, 0.717) is 16.3 Å². The van der Waals surface area contributed by atoms with Crippen LogP contribution in [0.25, 0.3) is 5.69 Å². The minimum absolute atomic E-state index is 0.174. The Hall–Kier alpha value is -3.46. The topological polar surface area (TPSA) is 114 Å². The molecule has 0 unspecified atom stereocenters. The van der Waals surface area contributed by atoms with E-state index in [2.05, 4.69) is 9.98 Å². The third kappa shape index (κ3) is 4.03. The number of esters is 1. The van der Waals surface area contributed by atoms with Gasteiger partial charge < -0.3 is 9.84 Å². The maximum absolute atomic E-state index is 12.6. The van der Waals surface area contributed by atoms with E-state index in [0.717, 1.165) is 46.3 Å². The van der Waals surface area contributed by atoms with E-state index in [4.69, 9.17) is 4.74 Å². The van der Waals surface area contributed by atoms with Crippen molar-refractivity contribution >= 4 is 28.5 Å². The Labute approximate surface area is 187 Å². The number of hydrogen-bond acceptors (Lipinski definition) is 7. The van der Waals surface area contributed by atoms with Gasteiger partial charge in [0.2, 0.25) is 5.88 Å². The van der Waals surface area contributed by atoms with Crippen LogP contribution in [0.5, 0.6) is 5.88 Å². The van der Waals surface area contributed by atoms with Crippen molar-refractivity contribution in [3.8, 4) is 11.6 Å². The van der Waals surface area contributed by atoms with Gasteiger partial charge in [-0.2, -0.15) is 0 Å². The van der Waals surface area contributed by atoms with Crippen LogP contribution >= 0.6 is 11.3 Å². The lowest BCUT2D eigenvalue weighted by molar-refractivity contribution is 0.0526. The number of aliphatic imine (C=N–C) groups is 1. The molecular formula is C23H23N3O5S. The number of H-pyrrole nitrogens is 1. The molecule has 0 radical (unpaired) electrons. The molecule has 0 saturated heterocycles. The van der Waals surface area contributed by atoms with Gasteiger partial charge in [-0.25, -0.2) is 19.1 Å². The standard InChI is InChI=1S/C23H23N3O5S/c1-3-31-22(29)18-15-9-4-5-10-17(15)32-20(18)24-12-16-19(27)25-23(30)26(21(16)28)14-8-6-7-13(2)11-14/h6-8,11-12,28H,3-5,9-10H2,1-2H3,(H,25,27,30)/b24-12+. The van der Waals surface area contributed by atoms with Gasteiger partial charge in [0.1, 0.15) is 10.6 Å². The predicted molar refractivity (Wildman–Crippen MR) is 123 cm³/mol. The van der Waals surface area contributed by atoms with Gasteiger partial charge in [0.05, 0.1) is 17.9 Å². The summed E-state index contributed by atoms with van der Waals surface area (Å²) >= 11 is 1.39. The lowest BCUT2D eigenvalue weighted by Crippen LogP contribution is -2.31. The van der Waals surface area contributed by atoms with Gasteiger partial charge in [-0.05, 0) is 62.8 Å². The summed E-state index contributed by atoms with van der Waals surface area (Å²) in [5.41, 5.74) is 0.983. The third-order valence-corrected chi connectivity index (χ3v) is 6.52. The van der Waals surface area contributed by atoms with Gasteiger partial charge in [0, 0.05) is 11.1 Å². The summed E-state index contributed by atoms with van der Waals surface area (Å²) in [6, 6.07) is 6.97. The fourth-order valence-electron chi connectivity index (χ4n) is 3.84. The number of hydrogen-bond donors (Lipinski definition) is 2. The summed E-state index contributed by atoms with van der Waals surface area (Å²) in [7, 11) is 0. The second-order valence-electron chi connectivity index (χ2n) is 7.54. The van der Waals surface area contributed by atoms with E-state index < -0.39 is 23.1 Å². The monoisotopic (exact) mass is 453 g/mol. The van der Waals surface area contributed by atoms with Crippen molar-refractivity contribution in [2.75, 3.05) is 6.61 Å². The molecule has 1 aliphatic carbocycles. The average molecular weight is 454 g/mol. The van der Waals surface area contributed by atoms with Gasteiger partial charge in [0.25, 0.3) is 5.56 Å². The highest BCUT2D eigenvalue weighted by atomic mass is 32.1. The van der Waals surface area contributed by atoms with Crippen molar-refractivity contribution < 1.29 is 14.6 Å². The zero-order valence-electron chi connectivity index (χ0n) is 17.8. The highest BCUT2D eigenvalue weighted by Gasteiger charge is 2.26. The zero-order valence-corrected chi connectivity index (χ0v) is 18.6. The number of aromatic hydroxyl groups is 1. The Bertz CT molecular complexity index is 1330. The van der Waals surface area contributed by atoms with Gasteiger partial charge in [0.15, 0.2) is 0 Å². The molecule has 0 spiro atoms. The van der Waals surface area contributed by atoms with Crippen LogP contribution in [0.4, 0.5) is 5.00 Å². The first-order chi connectivity index (χ1) is 15.4. The Morgan fingerprint density at radius 3 is 2.84 bits per heavy atom. The van der Waals surface area contributed by atoms with Crippen molar-refractivity contribution in [2.24, 2.45) is 4.99 Å². The molecule has 8 nitrogen and oxygen atoms in total. The molecule has 1 aliphatic rings. The Balaban J connectivity index is 1.82. The summed E-state index contributed by atoms with van der Waals surface area (Å²) in [5.74, 6) is -0.964. The van der Waals surface area contributed by atoms with Crippen molar-refractivity contribution in [1.29, 1.82) is 0 Å². The van der Waals surface area contributed by atoms with Crippen LogP contribution in [0, 0.1) is 6.92 Å². The number of carbonyl (C=O) groups excluding carboxylic acids is 1. The zero-order chi connectivity index (χ0) is 22.8. The number of aromatic amines is 1. The quantitative estimate of drug-likeness (QED) is 0.454. The Morgan fingerprint density at radius 2 is 2.09 bits per heavy atom. The third-order valence-electron chi connectivity index (χ3n) is 5.32. The van der Waals surface area contributed by atoms with E-state index in [1.54, 1.807) is 25.1 Å². The number of ether oxygens (including phenoxy) is 1. The van der Waals surface area contributed by atoms with Gasteiger partial charge in [-0.1, -0.05) is 12.1 Å². The number of nitrogens with one attached hydrogen (secondary N) is 1.